The minimum atomic E-state index is -0.886. The van der Waals surface area contributed by atoms with Crippen molar-refractivity contribution in [2.45, 2.75) is 12.8 Å². The number of aromatic nitrogens is 1. The molecule has 1 fully saturated rings. The van der Waals surface area contributed by atoms with Crippen molar-refractivity contribution in [2.24, 2.45) is 5.92 Å². The van der Waals surface area contributed by atoms with Crippen molar-refractivity contribution in [3.8, 4) is 0 Å². The summed E-state index contributed by atoms with van der Waals surface area (Å²) in [5.74, 6) is -0.229. The highest BCUT2D eigenvalue weighted by atomic mass is 16.6. The number of carboxylic acids is 1. The Bertz CT molecular complexity index is 523. The van der Waals surface area contributed by atoms with Crippen molar-refractivity contribution < 1.29 is 14.8 Å². The number of carbonyl (C=O) groups is 1. The predicted molar refractivity (Wildman–Crippen MR) is 76.3 cm³/mol. The number of nitrogens with zero attached hydrogens (tertiary/aromatic N) is 3. The molecule has 0 saturated carbocycles. The molecule has 0 spiro atoms. The fourth-order valence-corrected chi connectivity index (χ4v) is 2.58. The second kappa shape index (κ2) is 6.98. The third kappa shape index (κ3) is 4.12. The maximum Gasteiger partial charge on any atom is 0.317 e. The number of carboxylic acid groups (broad SMARTS) is 1. The number of nitro groups is 1. The molecule has 21 heavy (non-hydrogen) atoms. The summed E-state index contributed by atoms with van der Waals surface area (Å²) >= 11 is 0. The predicted octanol–water partition coefficient (Wildman–Crippen LogP) is 0.880. The van der Waals surface area contributed by atoms with Crippen LogP contribution >= 0.6 is 0 Å². The largest absolute Gasteiger partial charge is 0.480 e. The molecule has 1 atom stereocenters. The van der Waals surface area contributed by atoms with Gasteiger partial charge in [-0.3, -0.25) is 14.9 Å². The Labute approximate surface area is 121 Å². The van der Waals surface area contributed by atoms with E-state index in [9.17, 15) is 14.9 Å². The van der Waals surface area contributed by atoms with Gasteiger partial charge in [0.1, 0.15) is 0 Å². The number of nitrogens with one attached hydrogen (secondary N) is 1. The zero-order valence-corrected chi connectivity index (χ0v) is 11.6. The third-order valence-corrected chi connectivity index (χ3v) is 3.49. The summed E-state index contributed by atoms with van der Waals surface area (Å²) in [6.45, 7) is 1.89. The smallest absolute Gasteiger partial charge is 0.317 e. The Morgan fingerprint density at radius 3 is 3.14 bits per heavy atom. The molecular formula is C13H18N4O4. The SMILES string of the molecule is O=C(O)CNCC1CCCN(c2ncccc2[N+](=O)[O-])C1. The first-order chi connectivity index (χ1) is 10.1. The van der Waals surface area contributed by atoms with E-state index >= 15 is 0 Å². The molecule has 1 aliphatic heterocycles. The van der Waals surface area contributed by atoms with Gasteiger partial charge in [-0.05, 0) is 24.8 Å². The summed E-state index contributed by atoms with van der Waals surface area (Å²) in [7, 11) is 0. The number of rotatable bonds is 6. The maximum atomic E-state index is 11.1. The second-order valence-electron chi connectivity index (χ2n) is 5.08. The van der Waals surface area contributed by atoms with E-state index in [1.807, 2.05) is 4.90 Å². The van der Waals surface area contributed by atoms with Gasteiger partial charge in [-0.2, -0.15) is 0 Å². The number of pyridine rings is 1. The summed E-state index contributed by atoms with van der Waals surface area (Å²) in [5, 5.41) is 22.6. The van der Waals surface area contributed by atoms with Crippen LogP contribution in [0.25, 0.3) is 0 Å². The number of hydrogen-bond donors (Lipinski definition) is 2. The summed E-state index contributed by atoms with van der Waals surface area (Å²) in [6, 6.07) is 3.01. The first kappa shape index (κ1) is 15.2. The Morgan fingerprint density at radius 1 is 1.62 bits per heavy atom. The summed E-state index contributed by atoms with van der Waals surface area (Å²) < 4.78 is 0. The van der Waals surface area contributed by atoms with Crippen molar-refractivity contribution in [1.82, 2.24) is 10.3 Å². The molecule has 1 aromatic rings. The van der Waals surface area contributed by atoms with E-state index in [0.717, 1.165) is 19.4 Å². The molecule has 1 saturated heterocycles. The van der Waals surface area contributed by atoms with E-state index in [2.05, 4.69) is 10.3 Å². The zero-order valence-electron chi connectivity index (χ0n) is 11.6. The number of anilines is 1. The lowest BCUT2D eigenvalue weighted by molar-refractivity contribution is -0.384. The number of aliphatic carboxylic acids is 1. The molecular weight excluding hydrogens is 276 g/mol. The monoisotopic (exact) mass is 294 g/mol. The van der Waals surface area contributed by atoms with Crippen LogP contribution in [0.5, 0.6) is 0 Å². The molecule has 1 aromatic heterocycles. The fraction of sp³-hybridized carbons (Fsp3) is 0.538. The number of hydrogen-bond acceptors (Lipinski definition) is 6. The summed E-state index contributed by atoms with van der Waals surface area (Å²) in [6.07, 6.45) is 3.44. The van der Waals surface area contributed by atoms with Crippen LogP contribution < -0.4 is 10.2 Å². The van der Waals surface area contributed by atoms with Gasteiger partial charge in [0, 0.05) is 31.9 Å². The lowest BCUT2D eigenvalue weighted by atomic mass is 9.98. The highest BCUT2D eigenvalue weighted by Gasteiger charge is 2.26. The van der Waals surface area contributed by atoms with Gasteiger partial charge in [0.05, 0.1) is 11.5 Å². The molecule has 0 bridgehead atoms. The second-order valence-corrected chi connectivity index (χ2v) is 5.08. The van der Waals surface area contributed by atoms with Gasteiger partial charge in [-0.25, -0.2) is 4.98 Å². The van der Waals surface area contributed by atoms with E-state index in [1.54, 1.807) is 12.3 Å². The Kier molecular flexibility index (Phi) is 5.04. The van der Waals surface area contributed by atoms with Crippen LogP contribution in [-0.4, -0.2) is 47.2 Å². The Balaban J connectivity index is 2.01. The van der Waals surface area contributed by atoms with Crippen LogP contribution in [0.2, 0.25) is 0 Å². The van der Waals surface area contributed by atoms with Crippen molar-refractivity contribution >= 4 is 17.5 Å². The van der Waals surface area contributed by atoms with E-state index in [-0.39, 0.29) is 18.2 Å². The quantitative estimate of drug-likeness (QED) is 0.592. The van der Waals surface area contributed by atoms with Crippen LogP contribution in [0.1, 0.15) is 12.8 Å². The lowest BCUT2D eigenvalue weighted by Gasteiger charge is -2.33. The Morgan fingerprint density at radius 2 is 2.43 bits per heavy atom. The molecule has 2 heterocycles. The normalized spacial score (nSPS) is 18.5. The average molecular weight is 294 g/mol. The van der Waals surface area contributed by atoms with Gasteiger partial charge in [0.15, 0.2) is 0 Å². The third-order valence-electron chi connectivity index (χ3n) is 3.49. The van der Waals surface area contributed by atoms with E-state index in [1.165, 1.54) is 6.07 Å². The van der Waals surface area contributed by atoms with Crippen LogP contribution in [0.15, 0.2) is 18.3 Å². The summed E-state index contributed by atoms with van der Waals surface area (Å²) in [5.41, 5.74) is 0.0108. The van der Waals surface area contributed by atoms with E-state index < -0.39 is 10.9 Å². The number of piperidine rings is 1. The van der Waals surface area contributed by atoms with Crippen LogP contribution in [0.3, 0.4) is 0 Å². The standard InChI is InChI=1S/C13H18N4O4/c18-12(19)8-14-7-10-3-2-6-16(9-10)13-11(17(20)21)4-1-5-15-13/h1,4-5,10,14H,2-3,6-9H2,(H,18,19). The molecule has 0 amide bonds. The molecule has 2 N–H and O–H groups in total. The van der Waals surface area contributed by atoms with Gasteiger partial charge in [0.25, 0.3) is 0 Å². The molecule has 0 aliphatic carbocycles. The van der Waals surface area contributed by atoms with Crippen molar-refractivity contribution in [3.05, 3.63) is 28.4 Å². The van der Waals surface area contributed by atoms with Gasteiger partial charge in [-0.15, -0.1) is 0 Å². The minimum Gasteiger partial charge on any atom is -0.480 e. The first-order valence-electron chi connectivity index (χ1n) is 6.85. The van der Waals surface area contributed by atoms with E-state index in [4.69, 9.17) is 5.11 Å². The minimum absolute atomic E-state index is 0.0108. The maximum absolute atomic E-state index is 11.1. The summed E-state index contributed by atoms with van der Waals surface area (Å²) in [4.78, 5) is 27.2. The highest BCUT2D eigenvalue weighted by Crippen LogP contribution is 2.28. The Hall–Kier alpha value is -2.22. The van der Waals surface area contributed by atoms with Crippen LogP contribution in [0, 0.1) is 16.0 Å². The topological polar surface area (TPSA) is 109 Å². The van der Waals surface area contributed by atoms with Gasteiger partial charge >= 0.3 is 11.7 Å². The van der Waals surface area contributed by atoms with Crippen molar-refractivity contribution in [1.29, 1.82) is 0 Å². The highest BCUT2D eigenvalue weighted by molar-refractivity contribution is 5.69. The van der Waals surface area contributed by atoms with E-state index in [0.29, 0.717) is 18.9 Å². The van der Waals surface area contributed by atoms with Gasteiger partial charge < -0.3 is 15.3 Å². The fourth-order valence-electron chi connectivity index (χ4n) is 2.58. The first-order valence-corrected chi connectivity index (χ1v) is 6.85. The zero-order chi connectivity index (χ0) is 15.2. The average Bonchev–Trinajstić information content (AvgIpc) is 2.47. The van der Waals surface area contributed by atoms with Gasteiger partial charge in [0.2, 0.25) is 5.82 Å². The van der Waals surface area contributed by atoms with Crippen LogP contribution in [0.4, 0.5) is 11.5 Å². The molecule has 8 heteroatoms. The van der Waals surface area contributed by atoms with Gasteiger partial charge in [-0.1, -0.05) is 0 Å². The molecule has 0 aromatic carbocycles. The molecule has 8 nitrogen and oxygen atoms in total. The molecule has 1 unspecified atom stereocenters. The lowest BCUT2D eigenvalue weighted by Crippen LogP contribution is -2.41. The molecule has 0 radical (unpaired) electrons. The molecule has 1 aliphatic rings. The van der Waals surface area contributed by atoms with Crippen LogP contribution in [-0.2, 0) is 4.79 Å². The van der Waals surface area contributed by atoms with Crippen molar-refractivity contribution in [2.75, 3.05) is 31.1 Å². The molecule has 2 rings (SSSR count). The van der Waals surface area contributed by atoms with Crippen molar-refractivity contribution in [3.63, 3.8) is 0 Å². The molecule has 114 valence electrons.